The van der Waals surface area contributed by atoms with Crippen LogP contribution >= 0.6 is 0 Å². The number of unbranched alkanes of at least 4 members (excludes halogenated alkanes) is 4. The Morgan fingerprint density at radius 2 is 1.48 bits per heavy atom. The lowest BCUT2D eigenvalue weighted by Crippen LogP contribution is -2.33. The third-order valence-electron chi connectivity index (χ3n) is 7.44. The average Bonchev–Trinajstić information content (AvgIpc) is 3.35. The van der Waals surface area contributed by atoms with Crippen molar-refractivity contribution in [3.8, 4) is 17.0 Å². The molecule has 2 heterocycles. The van der Waals surface area contributed by atoms with Gasteiger partial charge in [-0.05, 0) is 75.2 Å². The van der Waals surface area contributed by atoms with Crippen LogP contribution in [0.3, 0.4) is 0 Å². The first-order valence-electron chi connectivity index (χ1n) is 15.4. The summed E-state index contributed by atoms with van der Waals surface area (Å²) in [6, 6.07) is 12.0. The maximum Gasteiger partial charge on any atom is 0.253 e. The lowest BCUT2D eigenvalue weighted by molar-refractivity contribution is 0.0751. The molecule has 0 bridgehead atoms. The van der Waals surface area contributed by atoms with Crippen LogP contribution in [0.25, 0.3) is 22.9 Å². The van der Waals surface area contributed by atoms with Crippen LogP contribution in [0.15, 0.2) is 48.7 Å². The molecule has 0 saturated heterocycles. The molecular weight excluding hydrogens is 496 g/mol. The van der Waals surface area contributed by atoms with Gasteiger partial charge in [0.15, 0.2) is 0 Å². The van der Waals surface area contributed by atoms with Crippen LogP contribution < -0.4 is 4.74 Å². The second-order valence-corrected chi connectivity index (χ2v) is 10.6. The van der Waals surface area contributed by atoms with Crippen molar-refractivity contribution in [3.05, 3.63) is 59.8 Å². The molecule has 0 aliphatic carbocycles. The van der Waals surface area contributed by atoms with Gasteiger partial charge >= 0.3 is 0 Å². The summed E-state index contributed by atoms with van der Waals surface area (Å²) in [5.74, 6) is 0.927. The molecule has 0 saturated carbocycles. The number of fused-ring (bicyclic) bond motifs is 1. The highest BCUT2D eigenvalue weighted by molar-refractivity contribution is 5.96. The number of methoxy groups -OCH3 is 1. The highest BCUT2D eigenvalue weighted by Gasteiger charge is 2.19. The Morgan fingerprint density at radius 3 is 2.05 bits per heavy atom. The van der Waals surface area contributed by atoms with E-state index in [1.165, 1.54) is 25.7 Å². The first kappa shape index (κ1) is 31.4. The Hall–Kier alpha value is -3.12. The molecule has 218 valence electrons. The second kappa shape index (κ2) is 16.9. The molecule has 2 aromatic heterocycles. The molecule has 6 heteroatoms. The van der Waals surface area contributed by atoms with Crippen LogP contribution in [0, 0.1) is 0 Å². The number of pyridine rings is 1. The lowest BCUT2D eigenvalue weighted by Gasteiger charge is -2.22. The molecule has 0 atom stereocenters. The zero-order valence-corrected chi connectivity index (χ0v) is 25.5. The van der Waals surface area contributed by atoms with E-state index in [1.54, 1.807) is 7.11 Å². The molecule has 0 aliphatic rings. The van der Waals surface area contributed by atoms with E-state index in [0.29, 0.717) is 0 Å². The third kappa shape index (κ3) is 8.69. The number of carbonyl (C=O) groups excluding carboxylic acids is 1. The monoisotopic (exact) mass is 546 g/mol. The van der Waals surface area contributed by atoms with Crippen molar-refractivity contribution >= 4 is 17.5 Å². The van der Waals surface area contributed by atoms with Crippen LogP contribution in [-0.4, -0.2) is 65.2 Å². The Kier molecular flexibility index (Phi) is 13.2. The topological polar surface area (TPSA) is 50.1 Å². The molecular formula is C34H50N4O2. The number of rotatable bonds is 18. The van der Waals surface area contributed by atoms with Crippen molar-refractivity contribution < 1.29 is 9.53 Å². The summed E-state index contributed by atoms with van der Waals surface area (Å²) in [6.45, 7) is 13.6. The van der Waals surface area contributed by atoms with E-state index in [4.69, 9.17) is 9.84 Å². The fourth-order valence-electron chi connectivity index (χ4n) is 4.90. The summed E-state index contributed by atoms with van der Waals surface area (Å²) in [5, 5.41) is 4.97. The standard InChI is InChI=1S/C34H50N4O2/c1-6-10-21-36(22-11-7-2)23-14-15-31-32-27-29(34(39)37(24-12-8-3)25-13-9-4)20-26-38(32)35-33(31)28-16-18-30(40-5)19-17-28/h14-20,26-27H,6-13,21-25H2,1-5H3. The molecule has 40 heavy (non-hydrogen) atoms. The SMILES string of the molecule is CCCCN(CC=Cc1c(-c2ccc(OC)cc2)nn2ccc(C(=O)N(CCCC)CCCC)cc12)CCCC. The van der Waals surface area contributed by atoms with Crippen LogP contribution in [0.5, 0.6) is 5.75 Å². The van der Waals surface area contributed by atoms with E-state index in [2.05, 4.69) is 56.9 Å². The Bertz CT molecular complexity index is 1180. The Balaban J connectivity index is 2.01. The first-order chi connectivity index (χ1) is 19.6. The van der Waals surface area contributed by atoms with Crippen LogP contribution in [0.1, 0.15) is 95.0 Å². The molecule has 0 aliphatic heterocycles. The van der Waals surface area contributed by atoms with E-state index < -0.39 is 0 Å². The van der Waals surface area contributed by atoms with Crippen LogP contribution in [0.4, 0.5) is 0 Å². The van der Waals surface area contributed by atoms with Gasteiger partial charge in [0.25, 0.3) is 5.91 Å². The maximum absolute atomic E-state index is 13.6. The van der Waals surface area contributed by atoms with Gasteiger partial charge in [0, 0.05) is 42.5 Å². The molecule has 3 rings (SSSR count). The van der Waals surface area contributed by atoms with E-state index in [0.717, 1.165) is 92.1 Å². The zero-order valence-electron chi connectivity index (χ0n) is 25.5. The maximum atomic E-state index is 13.6. The number of hydrogen-bond acceptors (Lipinski definition) is 4. The van der Waals surface area contributed by atoms with Gasteiger partial charge in [-0.2, -0.15) is 5.10 Å². The van der Waals surface area contributed by atoms with Crippen molar-refractivity contribution in [2.75, 3.05) is 39.8 Å². The van der Waals surface area contributed by atoms with E-state index >= 15 is 0 Å². The smallest absolute Gasteiger partial charge is 0.253 e. The van der Waals surface area contributed by atoms with Gasteiger partial charge in [-0.25, -0.2) is 4.52 Å². The zero-order chi connectivity index (χ0) is 28.7. The van der Waals surface area contributed by atoms with Crippen molar-refractivity contribution in [1.82, 2.24) is 19.4 Å². The number of benzene rings is 1. The molecule has 0 spiro atoms. The number of hydrogen-bond donors (Lipinski definition) is 0. The molecule has 0 fully saturated rings. The third-order valence-corrected chi connectivity index (χ3v) is 7.44. The minimum absolute atomic E-state index is 0.108. The van der Waals surface area contributed by atoms with Crippen molar-refractivity contribution in [1.29, 1.82) is 0 Å². The highest BCUT2D eigenvalue weighted by Crippen LogP contribution is 2.30. The van der Waals surface area contributed by atoms with Gasteiger partial charge in [0.05, 0.1) is 12.6 Å². The van der Waals surface area contributed by atoms with Crippen LogP contribution in [-0.2, 0) is 0 Å². The average molecular weight is 547 g/mol. The summed E-state index contributed by atoms with van der Waals surface area (Å²) in [4.78, 5) is 18.2. The summed E-state index contributed by atoms with van der Waals surface area (Å²) in [7, 11) is 1.68. The van der Waals surface area contributed by atoms with Crippen molar-refractivity contribution in [2.45, 2.75) is 79.1 Å². The van der Waals surface area contributed by atoms with Gasteiger partial charge in [-0.15, -0.1) is 0 Å². The summed E-state index contributed by atoms with van der Waals surface area (Å²) in [5.41, 5.74) is 4.65. The van der Waals surface area contributed by atoms with Crippen molar-refractivity contribution in [2.24, 2.45) is 0 Å². The van der Waals surface area contributed by atoms with Gasteiger partial charge in [-0.3, -0.25) is 9.69 Å². The van der Waals surface area contributed by atoms with Crippen molar-refractivity contribution in [3.63, 3.8) is 0 Å². The predicted molar refractivity (Wildman–Crippen MR) is 168 cm³/mol. The highest BCUT2D eigenvalue weighted by atomic mass is 16.5. The second-order valence-electron chi connectivity index (χ2n) is 10.6. The predicted octanol–water partition coefficient (Wildman–Crippen LogP) is 7.97. The molecule has 0 unspecified atom stereocenters. The molecule has 0 radical (unpaired) electrons. The molecule has 1 aromatic carbocycles. The van der Waals surface area contributed by atoms with E-state index in [9.17, 15) is 4.79 Å². The molecule has 0 N–H and O–H groups in total. The molecule has 6 nitrogen and oxygen atoms in total. The number of carbonyl (C=O) groups is 1. The fraction of sp³-hybridized carbons (Fsp3) is 0.529. The minimum atomic E-state index is 0.108. The van der Waals surface area contributed by atoms with E-state index in [1.807, 2.05) is 39.9 Å². The van der Waals surface area contributed by atoms with Gasteiger partial charge in [-0.1, -0.05) is 65.5 Å². The van der Waals surface area contributed by atoms with E-state index in [-0.39, 0.29) is 5.91 Å². The molecule has 3 aromatic rings. The largest absolute Gasteiger partial charge is 0.497 e. The first-order valence-corrected chi connectivity index (χ1v) is 15.4. The normalized spacial score (nSPS) is 11.7. The Morgan fingerprint density at radius 1 is 0.875 bits per heavy atom. The number of amides is 1. The fourth-order valence-corrected chi connectivity index (χ4v) is 4.90. The van der Waals surface area contributed by atoms with Gasteiger partial charge < -0.3 is 9.64 Å². The quantitative estimate of drug-likeness (QED) is 0.162. The number of nitrogens with zero attached hydrogens (tertiary/aromatic N) is 4. The summed E-state index contributed by atoms with van der Waals surface area (Å²) in [6.07, 6.45) is 15.4. The van der Waals surface area contributed by atoms with Crippen LogP contribution in [0.2, 0.25) is 0 Å². The van der Waals surface area contributed by atoms with Gasteiger partial charge in [0.1, 0.15) is 11.4 Å². The lowest BCUT2D eigenvalue weighted by atomic mass is 10.0. The molecule has 1 amide bonds. The number of aromatic nitrogens is 2. The summed E-state index contributed by atoms with van der Waals surface area (Å²) >= 11 is 0. The Labute approximate surface area is 242 Å². The minimum Gasteiger partial charge on any atom is -0.497 e. The summed E-state index contributed by atoms with van der Waals surface area (Å²) < 4.78 is 7.29. The van der Waals surface area contributed by atoms with Gasteiger partial charge in [0.2, 0.25) is 0 Å². The number of ether oxygens (including phenoxy) is 1.